The van der Waals surface area contributed by atoms with Gasteiger partial charge in [0.2, 0.25) is 0 Å². The molecular formula is C22H25N3O5. The van der Waals surface area contributed by atoms with Crippen LogP contribution in [0.3, 0.4) is 0 Å². The number of hydrazine groups is 1. The van der Waals surface area contributed by atoms with E-state index >= 15 is 0 Å². The SMILES string of the molecule is CN(NC(CCc1ccccc1)C(=O)O)C(=O)N1Cc2ccccc2CC1C(=O)O. The Hall–Kier alpha value is -3.39. The minimum Gasteiger partial charge on any atom is -0.480 e. The van der Waals surface area contributed by atoms with Crippen LogP contribution < -0.4 is 5.43 Å². The summed E-state index contributed by atoms with van der Waals surface area (Å²) < 4.78 is 0. The number of urea groups is 1. The van der Waals surface area contributed by atoms with Crippen LogP contribution in [0.2, 0.25) is 0 Å². The Kier molecular flexibility index (Phi) is 6.68. The first-order valence-electron chi connectivity index (χ1n) is 9.73. The lowest BCUT2D eigenvalue weighted by molar-refractivity contribution is -0.144. The number of hydrogen-bond donors (Lipinski definition) is 3. The number of carboxylic acid groups (broad SMARTS) is 2. The van der Waals surface area contributed by atoms with E-state index in [9.17, 15) is 24.6 Å². The van der Waals surface area contributed by atoms with Crippen LogP contribution in [0, 0.1) is 0 Å². The van der Waals surface area contributed by atoms with Gasteiger partial charge in [0.05, 0.1) is 0 Å². The first kappa shape index (κ1) is 21.3. The Labute approximate surface area is 174 Å². The first-order valence-corrected chi connectivity index (χ1v) is 9.73. The van der Waals surface area contributed by atoms with E-state index in [2.05, 4.69) is 5.43 Å². The average Bonchev–Trinajstić information content (AvgIpc) is 2.75. The highest BCUT2D eigenvalue weighted by atomic mass is 16.4. The molecule has 2 atom stereocenters. The van der Waals surface area contributed by atoms with Crippen LogP contribution in [0.15, 0.2) is 54.6 Å². The molecule has 3 rings (SSSR count). The number of aryl methyl sites for hydroxylation is 1. The largest absolute Gasteiger partial charge is 0.480 e. The fourth-order valence-electron chi connectivity index (χ4n) is 3.63. The highest BCUT2D eigenvalue weighted by Gasteiger charge is 2.36. The number of hydrogen-bond acceptors (Lipinski definition) is 4. The van der Waals surface area contributed by atoms with Crippen LogP contribution in [-0.4, -0.2) is 57.2 Å². The molecule has 30 heavy (non-hydrogen) atoms. The van der Waals surface area contributed by atoms with Crippen molar-refractivity contribution in [3.05, 3.63) is 71.3 Å². The molecule has 1 heterocycles. The maximum atomic E-state index is 13.0. The van der Waals surface area contributed by atoms with Gasteiger partial charge in [-0.15, -0.1) is 0 Å². The summed E-state index contributed by atoms with van der Waals surface area (Å²) in [6.45, 7) is 0.153. The molecule has 0 saturated carbocycles. The van der Waals surface area contributed by atoms with Gasteiger partial charge in [0.25, 0.3) is 0 Å². The molecule has 2 amide bonds. The minimum atomic E-state index is -1.09. The molecule has 1 aliphatic heterocycles. The van der Waals surface area contributed by atoms with Crippen molar-refractivity contribution in [3.8, 4) is 0 Å². The number of carbonyl (C=O) groups is 3. The molecule has 0 radical (unpaired) electrons. The van der Waals surface area contributed by atoms with Gasteiger partial charge in [-0.25, -0.2) is 15.0 Å². The summed E-state index contributed by atoms with van der Waals surface area (Å²) in [4.78, 5) is 37.7. The summed E-state index contributed by atoms with van der Waals surface area (Å²) in [5, 5.41) is 20.2. The third-order valence-corrected chi connectivity index (χ3v) is 5.28. The van der Waals surface area contributed by atoms with Gasteiger partial charge >= 0.3 is 18.0 Å². The number of nitrogens with zero attached hydrogens (tertiary/aromatic N) is 2. The van der Waals surface area contributed by atoms with E-state index in [1.165, 1.54) is 11.9 Å². The van der Waals surface area contributed by atoms with Crippen molar-refractivity contribution in [3.63, 3.8) is 0 Å². The zero-order chi connectivity index (χ0) is 21.7. The van der Waals surface area contributed by atoms with Crippen LogP contribution >= 0.6 is 0 Å². The van der Waals surface area contributed by atoms with Gasteiger partial charge in [0.1, 0.15) is 12.1 Å². The monoisotopic (exact) mass is 411 g/mol. The van der Waals surface area contributed by atoms with Crippen LogP contribution in [0.25, 0.3) is 0 Å². The summed E-state index contributed by atoms with van der Waals surface area (Å²) in [6.07, 6.45) is 1.02. The minimum absolute atomic E-state index is 0.153. The molecule has 8 nitrogen and oxygen atoms in total. The molecule has 0 aromatic heterocycles. The van der Waals surface area contributed by atoms with E-state index in [0.717, 1.165) is 21.7 Å². The lowest BCUT2D eigenvalue weighted by Crippen LogP contribution is -2.58. The van der Waals surface area contributed by atoms with Gasteiger partial charge in [-0.3, -0.25) is 9.80 Å². The molecule has 0 bridgehead atoms. The maximum absolute atomic E-state index is 13.0. The van der Waals surface area contributed by atoms with Crippen LogP contribution in [0.1, 0.15) is 23.1 Å². The number of fused-ring (bicyclic) bond motifs is 1. The van der Waals surface area contributed by atoms with E-state index in [4.69, 9.17) is 0 Å². The van der Waals surface area contributed by atoms with Crippen LogP contribution in [0.5, 0.6) is 0 Å². The molecule has 0 fully saturated rings. The summed E-state index contributed by atoms with van der Waals surface area (Å²) in [5.41, 5.74) is 5.50. The Morgan fingerprint density at radius 1 is 1.07 bits per heavy atom. The van der Waals surface area contributed by atoms with Crippen molar-refractivity contribution in [2.45, 2.75) is 37.9 Å². The molecular weight excluding hydrogens is 386 g/mol. The number of amides is 2. The van der Waals surface area contributed by atoms with Crippen molar-refractivity contribution in [1.82, 2.24) is 15.3 Å². The fourth-order valence-corrected chi connectivity index (χ4v) is 3.63. The van der Waals surface area contributed by atoms with Gasteiger partial charge < -0.3 is 15.1 Å². The quantitative estimate of drug-likeness (QED) is 0.602. The number of benzene rings is 2. The Balaban J connectivity index is 1.69. The van der Waals surface area contributed by atoms with Gasteiger partial charge in [-0.2, -0.15) is 0 Å². The Morgan fingerprint density at radius 3 is 2.33 bits per heavy atom. The average molecular weight is 411 g/mol. The maximum Gasteiger partial charge on any atom is 0.335 e. The molecule has 0 spiro atoms. The standard InChI is InChI=1S/C22H25N3O5/c1-24(23-18(20(26)27)12-11-15-7-3-2-4-8-15)22(30)25-14-17-10-6-5-9-16(17)13-19(25)21(28)29/h2-10,18-19,23H,11-14H2,1H3,(H,26,27)(H,28,29). The van der Waals surface area contributed by atoms with Gasteiger partial charge in [0.15, 0.2) is 0 Å². The zero-order valence-electron chi connectivity index (χ0n) is 16.7. The predicted octanol–water partition coefficient (Wildman–Crippen LogP) is 2.14. The second kappa shape index (κ2) is 9.41. The summed E-state index contributed by atoms with van der Waals surface area (Å²) in [5.74, 6) is -2.17. The van der Waals surface area contributed by atoms with Crippen LogP contribution in [0.4, 0.5) is 4.79 Å². The Morgan fingerprint density at radius 2 is 1.70 bits per heavy atom. The molecule has 158 valence electrons. The second-order valence-electron chi connectivity index (χ2n) is 7.34. The van der Waals surface area contributed by atoms with Crippen molar-refractivity contribution >= 4 is 18.0 Å². The molecule has 8 heteroatoms. The van der Waals surface area contributed by atoms with Gasteiger partial charge in [-0.1, -0.05) is 54.6 Å². The third kappa shape index (κ3) is 4.96. The molecule has 1 aliphatic rings. The van der Waals surface area contributed by atoms with Crippen molar-refractivity contribution in [2.24, 2.45) is 0 Å². The lowest BCUT2D eigenvalue weighted by Gasteiger charge is -2.37. The van der Waals surface area contributed by atoms with Crippen molar-refractivity contribution in [2.75, 3.05) is 7.05 Å². The smallest absolute Gasteiger partial charge is 0.335 e. The normalized spacial score (nSPS) is 16.4. The van der Waals surface area contributed by atoms with E-state index in [0.29, 0.717) is 6.42 Å². The van der Waals surface area contributed by atoms with Gasteiger partial charge in [-0.05, 0) is 29.5 Å². The lowest BCUT2D eigenvalue weighted by atomic mass is 9.94. The van der Waals surface area contributed by atoms with Crippen molar-refractivity contribution < 1.29 is 24.6 Å². The molecule has 2 unspecified atom stereocenters. The number of carboxylic acids is 2. The summed E-state index contributed by atoms with van der Waals surface area (Å²) >= 11 is 0. The van der Waals surface area contributed by atoms with Gasteiger partial charge in [0, 0.05) is 20.0 Å². The summed E-state index contributed by atoms with van der Waals surface area (Å²) in [7, 11) is 1.42. The van der Waals surface area contributed by atoms with Crippen molar-refractivity contribution in [1.29, 1.82) is 0 Å². The fraction of sp³-hybridized carbons (Fsp3) is 0.318. The third-order valence-electron chi connectivity index (χ3n) is 5.28. The van der Waals surface area contributed by atoms with Crippen LogP contribution in [-0.2, 0) is 29.0 Å². The highest BCUT2D eigenvalue weighted by Crippen LogP contribution is 2.24. The molecule has 0 saturated heterocycles. The predicted molar refractivity (Wildman–Crippen MR) is 110 cm³/mol. The number of nitrogens with one attached hydrogen (secondary N) is 1. The Bertz CT molecular complexity index is 918. The van der Waals surface area contributed by atoms with E-state index in [1.807, 2.05) is 54.6 Å². The molecule has 0 aliphatic carbocycles. The summed E-state index contributed by atoms with van der Waals surface area (Å²) in [6, 6.07) is 14.3. The van der Waals surface area contributed by atoms with E-state index < -0.39 is 30.1 Å². The molecule has 2 aromatic rings. The number of rotatable bonds is 7. The number of carbonyl (C=O) groups excluding carboxylic acids is 1. The van der Waals surface area contributed by atoms with E-state index in [1.54, 1.807) is 0 Å². The first-order chi connectivity index (χ1) is 14.4. The van der Waals surface area contributed by atoms with E-state index in [-0.39, 0.29) is 19.4 Å². The zero-order valence-corrected chi connectivity index (χ0v) is 16.7. The highest BCUT2D eigenvalue weighted by molar-refractivity contribution is 5.83. The second-order valence-corrected chi connectivity index (χ2v) is 7.34. The topological polar surface area (TPSA) is 110 Å². The molecule has 3 N–H and O–H groups in total. The number of aliphatic carboxylic acids is 2. The molecule has 2 aromatic carbocycles.